The summed E-state index contributed by atoms with van der Waals surface area (Å²) >= 11 is 0. The molecule has 0 aromatic heterocycles. The SMILES string of the molecule is O=C(O)C1COCCN1C(=O)CC1CC2CCC(C1)N2. The van der Waals surface area contributed by atoms with E-state index < -0.39 is 12.0 Å². The number of nitrogens with zero attached hydrogens (tertiary/aromatic N) is 1. The van der Waals surface area contributed by atoms with E-state index in [2.05, 4.69) is 5.32 Å². The van der Waals surface area contributed by atoms with Crippen LogP contribution >= 0.6 is 0 Å². The molecule has 3 atom stereocenters. The molecule has 0 aliphatic carbocycles. The van der Waals surface area contributed by atoms with E-state index in [1.807, 2.05) is 0 Å². The van der Waals surface area contributed by atoms with Crippen LogP contribution in [0.1, 0.15) is 32.1 Å². The van der Waals surface area contributed by atoms with Gasteiger partial charge in [-0.25, -0.2) is 4.79 Å². The molecule has 3 aliphatic rings. The van der Waals surface area contributed by atoms with Crippen LogP contribution in [0.4, 0.5) is 0 Å². The molecule has 2 N–H and O–H groups in total. The van der Waals surface area contributed by atoms with Crippen LogP contribution in [0.25, 0.3) is 0 Å². The number of piperidine rings is 1. The molecule has 3 heterocycles. The van der Waals surface area contributed by atoms with Gasteiger partial charge in [0.15, 0.2) is 6.04 Å². The zero-order valence-electron chi connectivity index (χ0n) is 11.6. The number of carbonyl (C=O) groups excluding carboxylic acids is 1. The van der Waals surface area contributed by atoms with E-state index in [0.29, 0.717) is 37.6 Å². The molecule has 1 amide bonds. The number of carboxylic acid groups (broad SMARTS) is 1. The number of ether oxygens (including phenoxy) is 1. The molecule has 3 aliphatic heterocycles. The lowest BCUT2D eigenvalue weighted by molar-refractivity contribution is -0.158. The van der Waals surface area contributed by atoms with Crippen molar-refractivity contribution in [2.75, 3.05) is 19.8 Å². The fourth-order valence-corrected chi connectivity index (χ4v) is 3.81. The fraction of sp³-hybridized carbons (Fsp3) is 0.857. The van der Waals surface area contributed by atoms with E-state index in [0.717, 1.165) is 12.8 Å². The lowest BCUT2D eigenvalue weighted by Crippen LogP contribution is -2.53. The number of amides is 1. The van der Waals surface area contributed by atoms with Gasteiger partial charge in [-0.05, 0) is 31.6 Å². The summed E-state index contributed by atoms with van der Waals surface area (Å²) in [5.74, 6) is -0.589. The predicted octanol–water partition coefficient (Wildman–Crippen LogP) is 0.219. The highest BCUT2D eigenvalue weighted by Gasteiger charge is 2.37. The highest BCUT2D eigenvalue weighted by Crippen LogP contribution is 2.33. The van der Waals surface area contributed by atoms with Crippen LogP contribution in [0.2, 0.25) is 0 Å². The Hall–Kier alpha value is -1.14. The topological polar surface area (TPSA) is 78.9 Å². The maximum Gasteiger partial charge on any atom is 0.328 e. The van der Waals surface area contributed by atoms with Gasteiger partial charge >= 0.3 is 5.97 Å². The van der Waals surface area contributed by atoms with Crippen molar-refractivity contribution in [2.24, 2.45) is 5.92 Å². The monoisotopic (exact) mass is 282 g/mol. The first-order valence-corrected chi connectivity index (χ1v) is 7.49. The van der Waals surface area contributed by atoms with Crippen LogP contribution in [0.5, 0.6) is 0 Å². The Kier molecular flexibility index (Phi) is 3.94. The molecular weight excluding hydrogens is 260 g/mol. The molecule has 6 heteroatoms. The van der Waals surface area contributed by atoms with Crippen LogP contribution in [0.3, 0.4) is 0 Å². The Morgan fingerprint density at radius 3 is 2.60 bits per heavy atom. The molecule has 3 unspecified atom stereocenters. The lowest BCUT2D eigenvalue weighted by Gasteiger charge is -2.35. The highest BCUT2D eigenvalue weighted by atomic mass is 16.5. The molecule has 0 spiro atoms. The molecule has 20 heavy (non-hydrogen) atoms. The van der Waals surface area contributed by atoms with E-state index in [9.17, 15) is 14.7 Å². The van der Waals surface area contributed by atoms with E-state index in [1.54, 1.807) is 0 Å². The maximum absolute atomic E-state index is 12.4. The minimum atomic E-state index is -0.969. The summed E-state index contributed by atoms with van der Waals surface area (Å²) in [6, 6.07) is 0.313. The third kappa shape index (κ3) is 2.81. The molecular formula is C14H22N2O4. The van der Waals surface area contributed by atoms with Crippen LogP contribution in [-0.2, 0) is 14.3 Å². The van der Waals surface area contributed by atoms with Gasteiger partial charge < -0.3 is 20.1 Å². The largest absolute Gasteiger partial charge is 0.480 e. The zero-order chi connectivity index (χ0) is 14.1. The number of hydrogen-bond donors (Lipinski definition) is 2. The van der Waals surface area contributed by atoms with Crippen LogP contribution in [0, 0.1) is 5.92 Å². The first kappa shape index (κ1) is 13.8. The first-order chi connectivity index (χ1) is 9.63. The second-order valence-corrected chi connectivity index (χ2v) is 6.20. The standard InChI is InChI=1S/C14H22N2O4/c17-13(16-3-4-20-8-12(16)14(18)19)7-9-5-10-1-2-11(6-9)15-10/h9-12,15H,1-8H2,(H,18,19). The van der Waals surface area contributed by atoms with Gasteiger partial charge in [-0.1, -0.05) is 0 Å². The van der Waals surface area contributed by atoms with Crippen molar-refractivity contribution >= 4 is 11.9 Å². The van der Waals surface area contributed by atoms with Gasteiger partial charge in [-0.2, -0.15) is 0 Å². The molecule has 3 rings (SSSR count). The molecule has 3 fully saturated rings. The smallest absolute Gasteiger partial charge is 0.328 e. The normalized spacial score (nSPS) is 36.9. The summed E-state index contributed by atoms with van der Waals surface area (Å²) in [7, 11) is 0. The van der Waals surface area contributed by atoms with Gasteiger partial charge in [0, 0.05) is 25.0 Å². The molecule has 112 valence electrons. The third-order valence-electron chi connectivity index (χ3n) is 4.77. The van der Waals surface area contributed by atoms with E-state index in [-0.39, 0.29) is 12.5 Å². The predicted molar refractivity (Wildman–Crippen MR) is 71.2 cm³/mol. The van der Waals surface area contributed by atoms with Gasteiger partial charge in [-0.3, -0.25) is 4.79 Å². The Morgan fingerprint density at radius 2 is 1.95 bits per heavy atom. The third-order valence-corrected chi connectivity index (χ3v) is 4.77. The van der Waals surface area contributed by atoms with E-state index in [1.165, 1.54) is 17.7 Å². The Balaban J connectivity index is 1.59. The number of carboxylic acids is 1. The molecule has 3 saturated heterocycles. The van der Waals surface area contributed by atoms with Crippen molar-refractivity contribution in [2.45, 2.75) is 50.2 Å². The average molecular weight is 282 g/mol. The van der Waals surface area contributed by atoms with Crippen LogP contribution in [-0.4, -0.2) is 59.8 Å². The number of hydrogen-bond acceptors (Lipinski definition) is 4. The Bertz CT molecular complexity index is 389. The average Bonchev–Trinajstić information content (AvgIpc) is 2.78. The number of aliphatic carboxylic acids is 1. The number of morpholine rings is 1. The quantitative estimate of drug-likeness (QED) is 0.774. The second kappa shape index (κ2) is 5.69. The molecule has 0 aromatic rings. The minimum absolute atomic E-state index is 0.0213. The zero-order valence-corrected chi connectivity index (χ0v) is 11.6. The first-order valence-electron chi connectivity index (χ1n) is 7.49. The Morgan fingerprint density at radius 1 is 1.25 bits per heavy atom. The van der Waals surface area contributed by atoms with E-state index >= 15 is 0 Å². The van der Waals surface area contributed by atoms with Gasteiger partial charge in [0.25, 0.3) is 0 Å². The van der Waals surface area contributed by atoms with Gasteiger partial charge in [-0.15, -0.1) is 0 Å². The molecule has 2 bridgehead atoms. The number of fused-ring (bicyclic) bond motifs is 2. The molecule has 0 radical (unpaired) electrons. The highest BCUT2D eigenvalue weighted by molar-refractivity contribution is 5.84. The van der Waals surface area contributed by atoms with Crippen molar-refractivity contribution in [3.8, 4) is 0 Å². The molecule has 6 nitrogen and oxygen atoms in total. The van der Waals surface area contributed by atoms with Crippen LogP contribution in [0.15, 0.2) is 0 Å². The van der Waals surface area contributed by atoms with Gasteiger partial charge in [0.05, 0.1) is 13.2 Å². The van der Waals surface area contributed by atoms with Crippen LogP contribution < -0.4 is 5.32 Å². The second-order valence-electron chi connectivity index (χ2n) is 6.20. The lowest BCUT2D eigenvalue weighted by atomic mass is 9.89. The molecule has 0 saturated carbocycles. The number of rotatable bonds is 3. The number of carbonyl (C=O) groups is 2. The van der Waals surface area contributed by atoms with E-state index in [4.69, 9.17) is 4.74 Å². The summed E-state index contributed by atoms with van der Waals surface area (Å²) in [6.45, 7) is 0.944. The Labute approximate surface area is 118 Å². The summed E-state index contributed by atoms with van der Waals surface area (Å²) in [6.07, 6.45) is 5.00. The van der Waals surface area contributed by atoms with Crippen molar-refractivity contribution in [1.82, 2.24) is 10.2 Å². The van der Waals surface area contributed by atoms with Gasteiger partial charge in [0.1, 0.15) is 0 Å². The summed E-state index contributed by atoms with van der Waals surface area (Å²) < 4.78 is 5.17. The summed E-state index contributed by atoms with van der Waals surface area (Å²) in [5, 5.41) is 12.7. The fourth-order valence-electron chi connectivity index (χ4n) is 3.81. The van der Waals surface area contributed by atoms with Crippen molar-refractivity contribution < 1.29 is 19.4 Å². The summed E-state index contributed by atoms with van der Waals surface area (Å²) in [5.41, 5.74) is 0. The number of nitrogens with one attached hydrogen (secondary N) is 1. The summed E-state index contributed by atoms with van der Waals surface area (Å²) in [4.78, 5) is 25.1. The minimum Gasteiger partial charge on any atom is -0.480 e. The van der Waals surface area contributed by atoms with Crippen molar-refractivity contribution in [3.05, 3.63) is 0 Å². The maximum atomic E-state index is 12.4. The molecule has 0 aromatic carbocycles. The van der Waals surface area contributed by atoms with Crippen molar-refractivity contribution in [3.63, 3.8) is 0 Å². The van der Waals surface area contributed by atoms with Crippen molar-refractivity contribution in [1.29, 1.82) is 0 Å². The van der Waals surface area contributed by atoms with Gasteiger partial charge in [0.2, 0.25) is 5.91 Å².